The zero-order chi connectivity index (χ0) is 9.68. The van der Waals surface area contributed by atoms with E-state index < -0.39 is 0 Å². The number of hydrogen-bond acceptors (Lipinski definition) is 3. The van der Waals surface area contributed by atoms with E-state index in [1.165, 1.54) is 0 Å². The van der Waals surface area contributed by atoms with Gasteiger partial charge in [-0.2, -0.15) is 0 Å². The second-order valence-corrected chi connectivity index (χ2v) is 3.58. The second-order valence-electron chi connectivity index (χ2n) is 3.58. The lowest BCUT2D eigenvalue weighted by Crippen LogP contribution is -2.41. The Labute approximate surface area is 78.7 Å². The molecule has 1 aliphatic carbocycles. The van der Waals surface area contributed by atoms with E-state index in [0.29, 0.717) is 19.0 Å². The van der Waals surface area contributed by atoms with Crippen molar-refractivity contribution in [3.63, 3.8) is 0 Å². The molecule has 0 heterocycles. The maximum absolute atomic E-state index is 11.1. The molecule has 3 N–H and O–H groups in total. The molecule has 1 rings (SSSR count). The van der Waals surface area contributed by atoms with Crippen molar-refractivity contribution in [3.8, 4) is 0 Å². The molecule has 1 fully saturated rings. The number of amides is 1. The minimum Gasteiger partial charge on any atom is -0.393 e. The fourth-order valence-electron chi connectivity index (χ4n) is 1.43. The third-order valence-electron chi connectivity index (χ3n) is 2.33. The highest BCUT2D eigenvalue weighted by Gasteiger charge is 2.26. The van der Waals surface area contributed by atoms with E-state index in [9.17, 15) is 4.79 Å². The highest BCUT2D eigenvalue weighted by molar-refractivity contribution is 5.77. The maximum atomic E-state index is 11.1. The van der Waals surface area contributed by atoms with Crippen LogP contribution < -0.4 is 10.6 Å². The Balaban J connectivity index is 1.96. The average molecular weight is 186 g/mol. The molecule has 1 saturated carbocycles. The SMILES string of the molecule is CCNCC(=O)NCC1CC(O)C1. The summed E-state index contributed by atoms with van der Waals surface area (Å²) in [7, 11) is 0. The highest BCUT2D eigenvalue weighted by atomic mass is 16.3. The summed E-state index contributed by atoms with van der Waals surface area (Å²) >= 11 is 0. The molecule has 4 heteroatoms. The Morgan fingerprint density at radius 1 is 1.54 bits per heavy atom. The zero-order valence-electron chi connectivity index (χ0n) is 8.05. The van der Waals surface area contributed by atoms with Crippen LogP contribution in [-0.2, 0) is 4.79 Å². The summed E-state index contributed by atoms with van der Waals surface area (Å²) < 4.78 is 0. The summed E-state index contributed by atoms with van der Waals surface area (Å²) in [6.45, 7) is 3.89. The van der Waals surface area contributed by atoms with Crippen LogP contribution in [0.3, 0.4) is 0 Å². The van der Waals surface area contributed by atoms with Gasteiger partial charge in [0.05, 0.1) is 12.6 Å². The van der Waals surface area contributed by atoms with Crippen molar-refractivity contribution >= 4 is 5.91 Å². The molecule has 1 amide bonds. The van der Waals surface area contributed by atoms with Gasteiger partial charge in [0.15, 0.2) is 0 Å². The molecule has 0 radical (unpaired) electrons. The molecule has 0 bridgehead atoms. The van der Waals surface area contributed by atoms with Crippen LogP contribution in [0.25, 0.3) is 0 Å². The molecule has 0 saturated heterocycles. The number of nitrogens with one attached hydrogen (secondary N) is 2. The van der Waals surface area contributed by atoms with E-state index in [1.807, 2.05) is 6.92 Å². The third-order valence-corrected chi connectivity index (χ3v) is 2.33. The van der Waals surface area contributed by atoms with Gasteiger partial charge >= 0.3 is 0 Å². The molecule has 0 spiro atoms. The minimum absolute atomic E-state index is 0.0447. The van der Waals surface area contributed by atoms with Crippen LogP contribution in [0.5, 0.6) is 0 Å². The lowest BCUT2D eigenvalue weighted by Gasteiger charge is -2.31. The van der Waals surface area contributed by atoms with E-state index in [0.717, 1.165) is 19.4 Å². The number of rotatable bonds is 5. The lowest BCUT2D eigenvalue weighted by molar-refractivity contribution is -0.120. The Kier molecular flexibility index (Phi) is 4.18. The monoisotopic (exact) mass is 186 g/mol. The molecule has 4 nitrogen and oxygen atoms in total. The smallest absolute Gasteiger partial charge is 0.233 e. The van der Waals surface area contributed by atoms with E-state index in [4.69, 9.17) is 5.11 Å². The molecule has 0 unspecified atom stereocenters. The normalized spacial score (nSPS) is 26.6. The standard InChI is InChI=1S/C9H18N2O2/c1-2-10-6-9(13)11-5-7-3-8(12)4-7/h7-8,10,12H,2-6H2,1H3,(H,11,13). The van der Waals surface area contributed by atoms with E-state index in [1.54, 1.807) is 0 Å². The molecule has 0 atom stereocenters. The molecule has 0 aromatic carbocycles. The van der Waals surface area contributed by atoms with Gasteiger partial charge in [-0.15, -0.1) is 0 Å². The molecular weight excluding hydrogens is 168 g/mol. The van der Waals surface area contributed by atoms with Gasteiger partial charge in [-0.25, -0.2) is 0 Å². The highest BCUT2D eigenvalue weighted by Crippen LogP contribution is 2.25. The number of hydrogen-bond donors (Lipinski definition) is 3. The van der Waals surface area contributed by atoms with Crippen molar-refractivity contribution in [1.29, 1.82) is 0 Å². The topological polar surface area (TPSA) is 61.4 Å². The van der Waals surface area contributed by atoms with Gasteiger partial charge in [0.2, 0.25) is 5.91 Å². The van der Waals surface area contributed by atoms with Gasteiger partial charge in [-0.3, -0.25) is 4.79 Å². The molecule has 76 valence electrons. The lowest BCUT2D eigenvalue weighted by atomic mass is 9.82. The van der Waals surface area contributed by atoms with Crippen molar-refractivity contribution in [2.24, 2.45) is 5.92 Å². The Hall–Kier alpha value is -0.610. The molecule has 0 aromatic heterocycles. The molecule has 13 heavy (non-hydrogen) atoms. The first-order valence-corrected chi connectivity index (χ1v) is 4.87. The second kappa shape index (κ2) is 5.19. The minimum atomic E-state index is -0.129. The van der Waals surface area contributed by atoms with Crippen LogP contribution >= 0.6 is 0 Å². The first kappa shape index (κ1) is 10.5. The van der Waals surface area contributed by atoms with Crippen LogP contribution in [0, 0.1) is 5.92 Å². The molecule has 1 aliphatic rings. The van der Waals surface area contributed by atoms with Crippen LogP contribution in [0.4, 0.5) is 0 Å². The average Bonchev–Trinajstić information content (AvgIpc) is 2.07. The quantitative estimate of drug-likeness (QED) is 0.541. The van der Waals surface area contributed by atoms with Crippen molar-refractivity contribution in [2.75, 3.05) is 19.6 Å². The largest absolute Gasteiger partial charge is 0.393 e. The number of aliphatic hydroxyl groups excluding tert-OH is 1. The third kappa shape index (κ3) is 3.74. The first-order chi connectivity index (χ1) is 6.22. The van der Waals surface area contributed by atoms with Gasteiger partial charge in [0.1, 0.15) is 0 Å². The van der Waals surface area contributed by atoms with Crippen molar-refractivity contribution in [3.05, 3.63) is 0 Å². The number of carbonyl (C=O) groups excluding carboxylic acids is 1. The van der Waals surface area contributed by atoms with Gasteiger partial charge in [0.25, 0.3) is 0 Å². The zero-order valence-corrected chi connectivity index (χ0v) is 8.05. The summed E-state index contributed by atoms with van der Waals surface area (Å²) in [5.41, 5.74) is 0. The summed E-state index contributed by atoms with van der Waals surface area (Å²) in [5, 5.41) is 14.8. The molecule has 0 aliphatic heterocycles. The Morgan fingerprint density at radius 3 is 2.77 bits per heavy atom. The summed E-state index contributed by atoms with van der Waals surface area (Å²) in [6.07, 6.45) is 1.54. The summed E-state index contributed by atoms with van der Waals surface area (Å²) in [6, 6.07) is 0. The Bertz CT molecular complexity index is 167. The van der Waals surface area contributed by atoms with Crippen LogP contribution in [-0.4, -0.2) is 36.8 Å². The van der Waals surface area contributed by atoms with E-state index in [2.05, 4.69) is 10.6 Å². The van der Waals surface area contributed by atoms with Crippen molar-refractivity contribution < 1.29 is 9.90 Å². The van der Waals surface area contributed by atoms with Gasteiger partial charge in [-0.1, -0.05) is 6.92 Å². The van der Waals surface area contributed by atoms with E-state index in [-0.39, 0.29) is 12.0 Å². The predicted octanol–water partition coefficient (Wildman–Crippen LogP) is -0.517. The fourth-order valence-corrected chi connectivity index (χ4v) is 1.43. The van der Waals surface area contributed by atoms with Crippen LogP contribution in [0.2, 0.25) is 0 Å². The van der Waals surface area contributed by atoms with Gasteiger partial charge in [0, 0.05) is 6.54 Å². The van der Waals surface area contributed by atoms with Gasteiger partial charge in [-0.05, 0) is 25.3 Å². The van der Waals surface area contributed by atoms with Crippen LogP contribution in [0.15, 0.2) is 0 Å². The first-order valence-electron chi connectivity index (χ1n) is 4.87. The summed E-state index contributed by atoms with van der Waals surface area (Å²) in [4.78, 5) is 11.1. The number of aliphatic hydroxyl groups is 1. The van der Waals surface area contributed by atoms with Crippen molar-refractivity contribution in [1.82, 2.24) is 10.6 Å². The summed E-state index contributed by atoms with van der Waals surface area (Å²) in [5.74, 6) is 0.531. The van der Waals surface area contributed by atoms with E-state index >= 15 is 0 Å². The maximum Gasteiger partial charge on any atom is 0.233 e. The molecular formula is C9H18N2O2. The number of carbonyl (C=O) groups is 1. The number of likely N-dealkylation sites (N-methyl/N-ethyl adjacent to an activating group) is 1. The van der Waals surface area contributed by atoms with Crippen LogP contribution in [0.1, 0.15) is 19.8 Å². The fraction of sp³-hybridized carbons (Fsp3) is 0.889. The Morgan fingerprint density at radius 2 is 2.23 bits per heavy atom. The van der Waals surface area contributed by atoms with Gasteiger partial charge < -0.3 is 15.7 Å². The van der Waals surface area contributed by atoms with Crippen molar-refractivity contribution in [2.45, 2.75) is 25.9 Å². The predicted molar refractivity (Wildman–Crippen MR) is 50.3 cm³/mol. The molecule has 0 aromatic rings.